The van der Waals surface area contributed by atoms with E-state index in [9.17, 15) is 14.4 Å². The van der Waals surface area contributed by atoms with E-state index in [1.54, 1.807) is 0 Å². The number of ether oxygens (including phenoxy) is 3. The van der Waals surface area contributed by atoms with Gasteiger partial charge in [0.05, 0.1) is 0 Å². The molecule has 0 saturated heterocycles. The summed E-state index contributed by atoms with van der Waals surface area (Å²) in [6.45, 7) is 6.65. The van der Waals surface area contributed by atoms with Crippen molar-refractivity contribution in [3.05, 3.63) is 60.8 Å². The lowest BCUT2D eigenvalue weighted by Gasteiger charge is -2.18. The highest BCUT2D eigenvalue weighted by molar-refractivity contribution is 5.71. The van der Waals surface area contributed by atoms with Crippen LogP contribution in [0.5, 0.6) is 0 Å². The van der Waals surface area contributed by atoms with E-state index < -0.39 is 6.10 Å². The Morgan fingerprint density at radius 2 is 0.450 bits per heavy atom. The summed E-state index contributed by atoms with van der Waals surface area (Å²) >= 11 is 0. The molecule has 0 aromatic heterocycles. The molecular formula is C74H134O6. The van der Waals surface area contributed by atoms with Crippen molar-refractivity contribution < 1.29 is 28.6 Å². The first-order valence-electron chi connectivity index (χ1n) is 35.3. The largest absolute Gasteiger partial charge is 0.462 e. The normalized spacial score (nSPS) is 12.4. The van der Waals surface area contributed by atoms with E-state index in [1.165, 1.54) is 244 Å². The number of allylic oxidation sites excluding steroid dienone is 10. The molecule has 0 aromatic carbocycles. The van der Waals surface area contributed by atoms with Crippen LogP contribution in [0.1, 0.15) is 374 Å². The molecule has 0 radical (unpaired) electrons. The van der Waals surface area contributed by atoms with Gasteiger partial charge in [-0.15, -0.1) is 0 Å². The maximum absolute atomic E-state index is 13.0. The summed E-state index contributed by atoms with van der Waals surface area (Å²) in [5, 5.41) is 0. The maximum Gasteiger partial charge on any atom is 0.306 e. The van der Waals surface area contributed by atoms with Gasteiger partial charge >= 0.3 is 17.9 Å². The fraction of sp³-hybridized carbons (Fsp3) is 0.824. The van der Waals surface area contributed by atoms with E-state index in [0.717, 1.165) is 89.9 Å². The van der Waals surface area contributed by atoms with Crippen molar-refractivity contribution in [3.63, 3.8) is 0 Å². The number of carbonyl (C=O) groups is 3. The third kappa shape index (κ3) is 65.9. The van der Waals surface area contributed by atoms with Crippen LogP contribution in [0.3, 0.4) is 0 Å². The van der Waals surface area contributed by atoms with Crippen LogP contribution >= 0.6 is 0 Å². The van der Waals surface area contributed by atoms with Gasteiger partial charge in [-0.25, -0.2) is 0 Å². The second-order valence-electron chi connectivity index (χ2n) is 23.8. The van der Waals surface area contributed by atoms with Gasteiger partial charge in [-0.05, 0) is 89.9 Å². The maximum atomic E-state index is 13.0. The van der Waals surface area contributed by atoms with Crippen LogP contribution in [0.2, 0.25) is 0 Å². The summed E-state index contributed by atoms with van der Waals surface area (Å²) in [5.74, 6) is -0.867. The molecule has 80 heavy (non-hydrogen) atoms. The smallest absolute Gasteiger partial charge is 0.306 e. The fourth-order valence-electron chi connectivity index (χ4n) is 10.4. The molecule has 6 nitrogen and oxygen atoms in total. The Bertz CT molecular complexity index is 1430. The molecule has 0 aliphatic heterocycles. The van der Waals surface area contributed by atoms with Crippen molar-refractivity contribution in [2.45, 2.75) is 380 Å². The first-order chi connectivity index (χ1) is 39.5. The van der Waals surface area contributed by atoms with Gasteiger partial charge in [0.15, 0.2) is 6.10 Å². The minimum absolute atomic E-state index is 0.0759. The van der Waals surface area contributed by atoms with E-state index in [0.29, 0.717) is 19.3 Å². The molecule has 0 heterocycles. The number of esters is 3. The summed E-state index contributed by atoms with van der Waals surface area (Å²) < 4.78 is 17.0. The number of unbranched alkanes of at least 4 members (excludes halogenated alkanes) is 44. The highest BCUT2D eigenvalue weighted by Gasteiger charge is 2.19. The van der Waals surface area contributed by atoms with Crippen molar-refractivity contribution in [3.8, 4) is 0 Å². The Morgan fingerprint density at radius 1 is 0.250 bits per heavy atom. The minimum Gasteiger partial charge on any atom is -0.462 e. The van der Waals surface area contributed by atoms with Gasteiger partial charge < -0.3 is 14.2 Å². The molecule has 466 valence electrons. The molecule has 0 rings (SSSR count). The lowest BCUT2D eigenvalue weighted by atomic mass is 10.0. The highest BCUT2D eigenvalue weighted by Crippen LogP contribution is 2.18. The van der Waals surface area contributed by atoms with E-state index in [2.05, 4.69) is 81.5 Å². The molecule has 0 N–H and O–H groups in total. The van der Waals surface area contributed by atoms with Crippen LogP contribution < -0.4 is 0 Å². The minimum atomic E-state index is -0.780. The van der Waals surface area contributed by atoms with Crippen molar-refractivity contribution >= 4 is 17.9 Å². The Kier molecular flexibility index (Phi) is 66.1. The molecule has 0 aliphatic rings. The van der Waals surface area contributed by atoms with Gasteiger partial charge in [0, 0.05) is 19.3 Å². The molecule has 0 fully saturated rings. The Morgan fingerprint density at radius 3 is 0.725 bits per heavy atom. The molecule has 1 atom stereocenters. The molecule has 1 unspecified atom stereocenters. The van der Waals surface area contributed by atoms with Crippen LogP contribution in [0.4, 0.5) is 0 Å². The number of hydrogen-bond donors (Lipinski definition) is 0. The molecule has 0 bridgehead atoms. The van der Waals surface area contributed by atoms with Crippen molar-refractivity contribution in [2.75, 3.05) is 13.2 Å². The zero-order chi connectivity index (χ0) is 57.8. The van der Waals surface area contributed by atoms with Crippen LogP contribution in [0, 0.1) is 0 Å². The van der Waals surface area contributed by atoms with Gasteiger partial charge in [-0.1, -0.05) is 326 Å². The summed E-state index contributed by atoms with van der Waals surface area (Å²) in [6.07, 6.45) is 88.1. The molecule has 0 saturated carbocycles. The van der Waals surface area contributed by atoms with Crippen LogP contribution in [-0.4, -0.2) is 37.2 Å². The lowest BCUT2D eigenvalue weighted by Crippen LogP contribution is -2.30. The average Bonchev–Trinajstić information content (AvgIpc) is 3.46. The standard InChI is InChI=1S/C74H134O6/c1-4-7-10-13-16-19-22-25-28-30-32-34-35-36-37-38-39-40-42-43-46-49-52-55-58-61-64-67-73(76)79-70-71(69-78-72(75)66-63-60-57-54-51-48-45-27-24-21-18-15-12-9-6-3)80-74(77)68-65-62-59-56-53-50-47-44-41-33-31-29-26-23-20-17-14-11-8-5-2/h18,21-22,25,27,30,32,35-36,45,71H,4-17,19-20,23-24,26,28-29,31,33-34,37-44,46-70H2,1-3H3/b21-18-,25-22-,32-30-,36-35-,45-27-. The zero-order valence-electron chi connectivity index (χ0n) is 53.6. The average molecular weight is 1120 g/mol. The van der Waals surface area contributed by atoms with Crippen LogP contribution in [0.25, 0.3) is 0 Å². The topological polar surface area (TPSA) is 78.9 Å². The number of hydrogen-bond acceptors (Lipinski definition) is 6. The van der Waals surface area contributed by atoms with Gasteiger partial charge in [0.1, 0.15) is 13.2 Å². The predicted octanol–water partition coefficient (Wildman–Crippen LogP) is 24.3. The first kappa shape index (κ1) is 77.1. The quantitative estimate of drug-likeness (QED) is 0.0261. The monoisotopic (exact) mass is 1120 g/mol. The molecule has 0 aromatic rings. The zero-order valence-corrected chi connectivity index (χ0v) is 53.6. The van der Waals surface area contributed by atoms with E-state index in [-0.39, 0.29) is 31.1 Å². The van der Waals surface area contributed by atoms with Gasteiger partial charge in [0.25, 0.3) is 0 Å². The molecule has 6 heteroatoms. The Balaban J connectivity index is 4.29. The number of carbonyl (C=O) groups excluding carboxylic acids is 3. The summed E-state index contributed by atoms with van der Waals surface area (Å²) in [7, 11) is 0. The first-order valence-corrected chi connectivity index (χ1v) is 35.3. The second kappa shape index (κ2) is 68.6. The van der Waals surface area contributed by atoms with Gasteiger partial charge in [0.2, 0.25) is 0 Å². The number of rotatable bonds is 65. The van der Waals surface area contributed by atoms with Crippen molar-refractivity contribution in [2.24, 2.45) is 0 Å². The molecule has 0 amide bonds. The van der Waals surface area contributed by atoms with Crippen molar-refractivity contribution in [1.82, 2.24) is 0 Å². The Hall–Kier alpha value is -2.89. The summed E-state index contributed by atoms with van der Waals surface area (Å²) in [4.78, 5) is 38.4. The van der Waals surface area contributed by atoms with Gasteiger partial charge in [-0.3, -0.25) is 14.4 Å². The highest BCUT2D eigenvalue weighted by atomic mass is 16.6. The molecule has 0 aliphatic carbocycles. The predicted molar refractivity (Wildman–Crippen MR) is 348 cm³/mol. The lowest BCUT2D eigenvalue weighted by molar-refractivity contribution is -0.167. The van der Waals surface area contributed by atoms with E-state index >= 15 is 0 Å². The summed E-state index contributed by atoms with van der Waals surface area (Å²) in [5.41, 5.74) is 0. The van der Waals surface area contributed by atoms with Crippen molar-refractivity contribution in [1.29, 1.82) is 0 Å². The van der Waals surface area contributed by atoms with Crippen LogP contribution in [-0.2, 0) is 28.6 Å². The Labute approximate surface area is 498 Å². The molecule has 0 spiro atoms. The van der Waals surface area contributed by atoms with E-state index in [1.807, 2.05) is 0 Å². The summed E-state index contributed by atoms with van der Waals surface area (Å²) in [6, 6.07) is 0. The fourth-order valence-corrected chi connectivity index (χ4v) is 10.4. The second-order valence-corrected chi connectivity index (χ2v) is 23.8. The van der Waals surface area contributed by atoms with Crippen LogP contribution in [0.15, 0.2) is 60.8 Å². The van der Waals surface area contributed by atoms with E-state index in [4.69, 9.17) is 14.2 Å². The SMILES string of the molecule is CCCCC/C=C\C/C=C\CCCCCCCC(=O)OCC(COC(=O)CCCCCCCCCCCCCC/C=C\C/C=C\C/C=C\CCCCCCC)OC(=O)CCCCCCCCCCCCCCCCCCCCCC. The third-order valence-corrected chi connectivity index (χ3v) is 15.7. The third-order valence-electron chi connectivity index (χ3n) is 15.7. The van der Waals surface area contributed by atoms with Gasteiger partial charge in [-0.2, -0.15) is 0 Å². The molecular weight excluding hydrogens is 985 g/mol.